The second-order valence-corrected chi connectivity index (χ2v) is 3.07. The van der Waals surface area contributed by atoms with Crippen molar-refractivity contribution in [3.63, 3.8) is 0 Å². The van der Waals surface area contributed by atoms with Crippen LogP contribution in [-0.4, -0.2) is 12.8 Å². The van der Waals surface area contributed by atoms with Crippen LogP contribution in [0.25, 0.3) is 0 Å². The number of benzene rings is 1. The number of carbonyl (C=O) groups excluding carboxylic acids is 1. The molecule has 1 aromatic carbocycles. The first-order valence-corrected chi connectivity index (χ1v) is 4.18. The summed E-state index contributed by atoms with van der Waals surface area (Å²) in [5.74, 6) is 0.388. The Balaban J connectivity index is 2.29. The number of aldehydes is 1. The van der Waals surface area contributed by atoms with Crippen LogP contribution in [0.5, 0.6) is 0 Å². The highest BCUT2D eigenvalue weighted by Gasteiger charge is 2.20. The zero-order valence-corrected chi connectivity index (χ0v) is 6.79. The van der Waals surface area contributed by atoms with Crippen molar-refractivity contribution >= 4 is 12.0 Å². The normalized spacial score (nSPS) is 19.8. The zero-order valence-electron chi connectivity index (χ0n) is 6.79. The maximum Gasteiger partial charge on any atom is 0.120 e. The predicted octanol–water partition coefficient (Wildman–Crippen LogP) is 1.78. The molecular weight excluding hydrogens is 150 g/mol. The van der Waals surface area contributed by atoms with E-state index in [4.69, 9.17) is 0 Å². The monoisotopic (exact) mass is 161 g/mol. The Bertz CT molecular complexity index is 296. The van der Waals surface area contributed by atoms with Gasteiger partial charge in [-0.3, -0.25) is 0 Å². The maximum atomic E-state index is 10.3. The first kappa shape index (κ1) is 7.35. The van der Waals surface area contributed by atoms with Gasteiger partial charge in [-0.2, -0.15) is 0 Å². The molecule has 0 saturated heterocycles. The summed E-state index contributed by atoms with van der Waals surface area (Å²) in [6, 6.07) is 8.17. The minimum atomic E-state index is 0.388. The topological polar surface area (TPSA) is 29.1 Å². The van der Waals surface area contributed by atoms with Crippen LogP contribution in [0.2, 0.25) is 0 Å². The first-order valence-electron chi connectivity index (χ1n) is 4.18. The lowest BCUT2D eigenvalue weighted by Gasteiger charge is -2.03. The van der Waals surface area contributed by atoms with Gasteiger partial charge in [-0.25, -0.2) is 0 Å². The molecule has 1 unspecified atom stereocenters. The van der Waals surface area contributed by atoms with Crippen molar-refractivity contribution in [2.45, 2.75) is 12.3 Å². The summed E-state index contributed by atoms with van der Waals surface area (Å²) in [6.45, 7) is 0.901. The Morgan fingerprint density at radius 2 is 2.33 bits per heavy atom. The molecule has 0 spiro atoms. The van der Waals surface area contributed by atoms with Crippen LogP contribution in [0.1, 0.15) is 17.9 Å². The molecule has 1 aliphatic heterocycles. The van der Waals surface area contributed by atoms with Crippen LogP contribution >= 0.6 is 0 Å². The highest BCUT2D eigenvalue weighted by molar-refractivity contribution is 5.61. The van der Waals surface area contributed by atoms with Gasteiger partial charge in [0.2, 0.25) is 0 Å². The van der Waals surface area contributed by atoms with Gasteiger partial charge < -0.3 is 10.1 Å². The van der Waals surface area contributed by atoms with E-state index < -0.39 is 0 Å². The third-order valence-electron chi connectivity index (χ3n) is 2.32. The molecule has 2 rings (SSSR count). The Kier molecular flexibility index (Phi) is 1.82. The van der Waals surface area contributed by atoms with Gasteiger partial charge in [0.15, 0.2) is 0 Å². The van der Waals surface area contributed by atoms with Gasteiger partial charge in [0.05, 0.1) is 0 Å². The molecule has 0 fully saturated rings. The van der Waals surface area contributed by atoms with E-state index in [0.717, 1.165) is 12.8 Å². The van der Waals surface area contributed by atoms with E-state index in [1.165, 1.54) is 11.3 Å². The van der Waals surface area contributed by atoms with Crippen molar-refractivity contribution in [3.8, 4) is 0 Å². The van der Waals surface area contributed by atoms with Crippen LogP contribution in [0.15, 0.2) is 24.3 Å². The lowest BCUT2D eigenvalue weighted by atomic mass is 9.99. The molecule has 0 aromatic heterocycles. The Labute approximate surface area is 71.6 Å². The third kappa shape index (κ3) is 1.09. The van der Waals surface area contributed by atoms with Crippen molar-refractivity contribution in [1.82, 2.24) is 0 Å². The average molecular weight is 161 g/mol. The Morgan fingerprint density at radius 1 is 1.50 bits per heavy atom. The van der Waals surface area contributed by atoms with E-state index in [9.17, 15) is 4.79 Å². The van der Waals surface area contributed by atoms with Crippen molar-refractivity contribution < 1.29 is 4.79 Å². The number of rotatable bonds is 2. The van der Waals surface area contributed by atoms with Gasteiger partial charge in [0, 0.05) is 24.6 Å². The van der Waals surface area contributed by atoms with E-state index in [1.807, 2.05) is 12.1 Å². The lowest BCUT2D eigenvalue weighted by molar-refractivity contribution is -0.108. The second-order valence-electron chi connectivity index (χ2n) is 3.07. The Morgan fingerprint density at radius 3 is 3.17 bits per heavy atom. The zero-order chi connectivity index (χ0) is 8.39. The van der Waals surface area contributed by atoms with Crippen LogP contribution in [0.3, 0.4) is 0 Å². The molecule has 0 bridgehead atoms. The summed E-state index contributed by atoms with van der Waals surface area (Å²) < 4.78 is 0. The van der Waals surface area contributed by atoms with Gasteiger partial charge in [-0.05, 0) is 11.6 Å². The lowest BCUT2D eigenvalue weighted by Crippen LogP contribution is -2.01. The van der Waals surface area contributed by atoms with Crippen LogP contribution in [0, 0.1) is 0 Å². The molecule has 1 aliphatic rings. The molecule has 0 saturated carbocycles. The Hall–Kier alpha value is -1.31. The molecule has 1 atom stereocenters. The molecule has 1 N–H and O–H groups in total. The largest absolute Gasteiger partial charge is 0.384 e. The number of carbonyl (C=O) groups is 1. The van der Waals surface area contributed by atoms with Crippen LogP contribution in [0.4, 0.5) is 5.69 Å². The molecule has 2 nitrogen and oxygen atoms in total. The van der Waals surface area contributed by atoms with Crippen LogP contribution in [-0.2, 0) is 4.79 Å². The number of hydrogen-bond donors (Lipinski definition) is 1. The molecule has 2 heteroatoms. The molecule has 12 heavy (non-hydrogen) atoms. The average Bonchev–Trinajstić information content (AvgIpc) is 2.50. The van der Waals surface area contributed by atoms with E-state index in [2.05, 4.69) is 17.4 Å². The minimum Gasteiger partial charge on any atom is -0.384 e. The second kappa shape index (κ2) is 2.97. The van der Waals surface area contributed by atoms with Gasteiger partial charge in [-0.1, -0.05) is 18.2 Å². The number of para-hydroxylation sites is 1. The maximum absolute atomic E-state index is 10.3. The van der Waals surface area contributed by atoms with Crippen molar-refractivity contribution in [2.24, 2.45) is 0 Å². The van der Waals surface area contributed by atoms with Crippen molar-refractivity contribution in [2.75, 3.05) is 11.9 Å². The van der Waals surface area contributed by atoms with Gasteiger partial charge in [0.1, 0.15) is 6.29 Å². The fourth-order valence-corrected chi connectivity index (χ4v) is 1.68. The highest BCUT2D eigenvalue weighted by Crippen LogP contribution is 2.32. The fraction of sp³-hybridized carbons (Fsp3) is 0.300. The number of hydrogen-bond acceptors (Lipinski definition) is 2. The fourth-order valence-electron chi connectivity index (χ4n) is 1.68. The standard InChI is InChI=1S/C10H11NO/c12-6-5-8-7-11-10-4-2-1-3-9(8)10/h1-4,6,8,11H,5,7H2. The first-order chi connectivity index (χ1) is 5.92. The molecular formula is C10H11NO. The number of fused-ring (bicyclic) bond motifs is 1. The smallest absolute Gasteiger partial charge is 0.120 e. The predicted molar refractivity (Wildman–Crippen MR) is 48.4 cm³/mol. The summed E-state index contributed by atoms with van der Waals surface area (Å²) in [6.07, 6.45) is 1.62. The molecule has 1 aromatic rings. The van der Waals surface area contributed by atoms with Crippen LogP contribution < -0.4 is 5.32 Å². The van der Waals surface area contributed by atoms with Crippen molar-refractivity contribution in [1.29, 1.82) is 0 Å². The highest BCUT2D eigenvalue weighted by atomic mass is 16.1. The van der Waals surface area contributed by atoms with E-state index in [-0.39, 0.29) is 0 Å². The number of anilines is 1. The van der Waals surface area contributed by atoms with Crippen molar-refractivity contribution in [3.05, 3.63) is 29.8 Å². The van der Waals surface area contributed by atoms with E-state index in [0.29, 0.717) is 12.3 Å². The van der Waals surface area contributed by atoms with Gasteiger partial charge >= 0.3 is 0 Å². The van der Waals surface area contributed by atoms with Gasteiger partial charge in [0.25, 0.3) is 0 Å². The van der Waals surface area contributed by atoms with Gasteiger partial charge in [-0.15, -0.1) is 0 Å². The molecule has 62 valence electrons. The summed E-state index contributed by atoms with van der Waals surface area (Å²) >= 11 is 0. The quantitative estimate of drug-likeness (QED) is 0.670. The molecule has 0 radical (unpaired) electrons. The molecule has 0 aliphatic carbocycles. The van der Waals surface area contributed by atoms with E-state index >= 15 is 0 Å². The third-order valence-corrected chi connectivity index (χ3v) is 2.32. The summed E-state index contributed by atoms with van der Waals surface area (Å²) in [7, 11) is 0. The molecule has 0 amide bonds. The van der Waals surface area contributed by atoms with E-state index in [1.54, 1.807) is 0 Å². The summed E-state index contributed by atoms with van der Waals surface area (Å²) in [5, 5.41) is 3.28. The molecule has 1 heterocycles. The summed E-state index contributed by atoms with van der Waals surface area (Å²) in [4.78, 5) is 10.3. The number of nitrogens with one attached hydrogen (secondary N) is 1. The SMILES string of the molecule is O=CCC1CNc2ccccc21. The summed E-state index contributed by atoms with van der Waals surface area (Å²) in [5.41, 5.74) is 2.47. The minimum absolute atomic E-state index is 0.388.